The lowest BCUT2D eigenvalue weighted by atomic mass is 10.2. The maximum atomic E-state index is 12.8. The number of hydrogen-bond acceptors (Lipinski definition) is 3. The Morgan fingerprint density at radius 3 is 2.37 bits per heavy atom. The number of alkyl halides is 3. The van der Waals surface area contributed by atoms with Crippen molar-refractivity contribution < 1.29 is 26.4 Å². The summed E-state index contributed by atoms with van der Waals surface area (Å²) in [6, 6.07) is 9.82. The van der Waals surface area contributed by atoms with Crippen LogP contribution in [0, 0.1) is 0 Å². The van der Waals surface area contributed by atoms with Gasteiger partial charge in [-0.1, -0.05) is 37.3 Å². The smallest absolute Gasteiger partial charge is 0.338 e. The molecular formula is C17H20F3N3O3S. The molecule has 1 aromatic carbocycles. The van der Waals surface area contributed by atoms with Crippen molar-refractivity contribution in [2.75, 3.05) is 13.1 Å². The van der Waals surface area contributed by atoms with Crippen LogP contribution < -0.4 is 5.14 Å². The molecule has 0 aliphatic carbocycles. The van der Waals surface area contributed by atoms with Gasteiger partial charge in [-0.3, -0.25) is 4.79 Å². The van der Waals surface area contributed by atoms with E-state index in [1.807, 2.05) is 0 Å². The highest BCUT2D eigenvalue weighted by Crippen LogP contribution is 2.21. The molecule has 1 aromatic heterocycles. The SMILES string of the molecule is CCCN(CC(F)(F)F)C(=O)c1cc(S(N)(=O)=O)cn1Cc1ccccc1. The zero-order valence-electron chi connectivity index (χ0n) is 14.6. The number of aromatic nitrogens is 1. The first-order valence-corrected chi connectivity index (χ1v) is 9.69. The molecule has 0 bridgehead atoms. The van der Waals surface area contributed by atoms with Crippen molar-refractivity contribution in [2.24, 2.45) is 5.14 Å². The number of sulfonamides is 1. The summed E-state index contributed by atoms with van der Waals surface area (Å²) in [5.74, 6) is -0.903. The molecule has 1 heterocycles. The highest BCUT2D eigenvalue weighted by Gasteiger charge is 2.34. The summed E-state index contributed by atoms with van der Waals surface area (Å²) in [7, 11) is -4.12. The molecular weight excluding hydrogens is 383 g/mol. The molecule has 0 saturated heterocycles. The van der Waals surface area contributed by atoms with Crippen LogP contribution in [0.5, 0.6) is 0 Å². The number of carbonyl (C=O) groups is 1. The highest BCUT2D eigenvalue weighted by molar-refractivity contribution is 7.89. The number of amides is 1. The number of benzene rings is 1. The standard InChI is InChI=1S/C17H20F3N3O3S/c1-2-8-22(12-17(18,19)20)16(24)15-9-14(27(21,25)26)11-23(15)10-13-6-4-3-5-7-13/h3-7,9,11H,2,8,10,12H2,1H3,(H2,21,25,26). The van der Waals surface area contributed by atoms with Crippen LogP contribution in [0.25, 0.3) is 0 Å². The van der Waals surface area contributed by atoms with Crippen molar-refractivity contribution in [1.82, 2.24) is 9.47 Å². The van der Waals surface area contributed by atoms with Crippen LogP contribution in [0.2, 0.25) is 0 Å². The van der Waals surface area contributed by atoms with Crippen molar-refractivity contribution >= 4 is 15.9 Å². The minimum atomic E-state index is -4.57. The molecule has 0 aliphatic rings. The van der Waals surface area contributed by atoms with Gasteiger partial charge in [-0.15, -0.1) is 0 Å². The third kappa shape index (κ3) is 5.83. The van der Waals surface area contributed by atoms with E-state index < -0.39 is 28.7 Å². The predicted molar refractivity (Wildman–Crippen MR) is 93.6 cm³/mol. The second-order valence-corrected chi connectivity index (χ2v) is 7.62. The molecule has 10 heteroatoms. The van der Waals surface area contributed by atoms with Crippen LogP contribution in [0.3, 0.4) is 0 Å². The molecule has 0 radical (unpaired) electrons. The van der Waals surface area contributed by atoms with E-state index in [1.54, 1.807) is 37.3 Å². The van der Waals surface area contributed by atoms with E-state index in [-0.39, 0.29) is 23.7 Å². The van der Waals surface area contributed by atoms with E-state index in [1.165, 1.54) is 4.57 Å². The van der Waals surface area contributed by atoms with Gasteiger partial charge in [0, 0.05) is 19.3 Å². The molecule has 148 valence electrons. The Hall–Kier alpha value is -2.33. The van der Waals surface area contributed by atoms with Gasteiger partial charge in [-0.25, -0.2) is 13.6 Å². The minimum Gasteiger partial charge on any atom is -0.338 e. The summed E-state index contributed by atoms with van der Waals surface area (Å²) in [6.45, 7) is 0.235. The maximum absolute atomic E-state index is 12.8. The fourth-order valence-corrected chi connectivity index (χ4v) is 3.18. The number of hydrogen-bond donors (Lipinski definition) is 1. The van der Waals surface area contributed by atoms with Gasteiger partial charge in [0.05, 0.1) is 0 Å². The van der Waals surface area contributed by atoms with Gasteiger partial charge >= 0.3 is 6.18 Å². The fourth-order valence-electron chi connectivity index (χ4n) is 2.63. The second kappa shape index (κ2) is 8.13. The summed E-state index contributed by atoms with van der Waals surface area (Å²) < 4.78 is 63.1. The average molecular weight is 403 g/mol. The third-order valence-electron chi connectivity index (χ3n) is 3.77. The van der Waals surface area contributed by atoms with E-state index in [4.69, 9.17) is 5.14 Å². The Bertz CT molecular complexity index is 893. The summed E-state index contributed by atoms with van der Waals surface area (Å²) >= 11 is 0. The van der Waals surface area contributed by atoms with Crippen LogP contribution in [0.1, 0.15) is 29.4 Å². The van der Waals surface area contributed by atoms with E-state index >= 15 is 0 Å². The molecule has 0 saturated carbocycles. The second-order valence-electron chi connectivity index (χ2n) is 6.06. The first-order chi connectivity index (χ1) is 12.5. The largest absolute Gasteiger partial charge is 0.406 e. The normalized spacial score (nSPS) is 12.2. The van der Waals surface area contributed by atoms with Crippen LogP contribution in [0.4, 0.5) is 13.2 Å². The molecule has 2 rings (SSSR count). The maximum Gasteiger partial charge on any atom is 0.406 e. The van der Waals surface area contributed by atoms with Crippen LogP contribution in [0.15, 0.2) is 47.5 Å². The van der Waals surface area contributed by atoms with E-state index in [2.05, 4.69) is 0 Å². The van der Waals surface area contributed by atoms with Crippen LogP contribution in [-0.4, -0.2) is 43.1 Å². The average Bonchev–Trinajstić information content (AvgIpc) is 2.97. The third-order valence-corrected chi connectivity index (χ3v) is 4.65. The van der Waals surface area contributed by atoms with E-state index in [9.17, 15) is 26.4 Å². The first-order valence-electron chi connectivity index (χ1n) is 8.14. The van der Waals surface area contributed by atoms with Crippen molar-refractivity contribution in [2.45, 2.75) is 31.0 Å². The highest BCUT2D eigenvalue weighted by atomic mass is 32.2. The Labute approximate surface area is 155 Å². The van der Waals surface area contributed by atoms with Crippen molar-refractivity contribution in [3.05, 3.63) is 53.9 Å². The summed E-state index contributed by atoms with van der Waals surface area (Å²) in [6.07, 6.45) is -3.08. The lowest BCUT2D eigenvalue weighted by Crippen LogP contribution is -2.40. The summed E-state index contributed by atoms with van der Waals surface area (Å²) in [4.78, 5) is 13.1. The fraction of sp³-hybridized carbons (Fsp3) is 0.353. The monoisotopic (exact) mass is 403 g/mol. The molecule has 6 nitrogen and oxygen atoms in total. The zero-order chi connectivity index (χ0) is 20.2. The molecule has 0 unspecified atom stereocenters. The van der Waals surface area contributed by atoms with Gasteiger partial charge in [-0.05, 0) is 18.1 Å². The van der Waals surface area contributed by atoms with E-state index in [0.29, 0.717) is 11.3 Å². The molecule has 0 fully saturated rings. The minimum absolute atomic E-state index is 0.112. The van der Waals surface area contributed by atoms with Crippen molar-refractivity contribution in [3.8, 4) is 0 Å². The Morgan fingerprint density at radius 1 is 1.22 bits per heavy atom. The Balaban J connectivity index is 2.45. The number of rotatable bonds is 7. The molecule has 0 aliphatic heterocycles. The lowest BCUT2D eigenvalue weighted by Gasteiger charge is -2.24. The van der Waals surface area contributed by atoms with Crippen molar-refractivity contribution in [3.63, 3.8) is 0 Å². The number of nitrogens with two attached hydrogens (primary N) is 1. The summed E-state index contributed by atoms with van der Waals surface area (Å²) in [5.41, 5.74) is 0.585. The Morgan fingerprint density at radius 2 is 1.85 bits per heavy atom. The molecule has 0 spiro atoms. The van der Waals surface area contributed by atoms with Crippen molar-refractivity contribution in [1.29, 1.82) is 0 Å². The molecule has 1 amide bonds. The number of halogens is 3. The number of nitrogens with zero attached hydrogens (tertiary/aromatic N) is 2. The van der Waals surface area contributed by atoms with Gasteiger partial charge in [0.15, 0.2) is 0 Å². The molecule has 27 heavy (non-hydrogen) atoms. The molecule has 2 N–H and O–H groups in total. The quantitative estimate of drug-likeness (QED) is 0.771. The van der Waals surface area contributed by atoms with Gasteiger partial charge < -0.3 is 9.47 Å². The summed E-state index contributed by atoms with van der Waals surface area (Å²) in [5, 5.41) is 5.12. The van der Waals surface area contributed by atoms with Gasteiger partial charge in [-0.2, -0.15) is 13.2 Å². The Kier molecular flexibility index (Phi) is 6.32. The molecule has 2 aromatic rings. The number of carbonyl (C=O) groups excluding carboxylic acids is 1. The van der Waals surface area contributed by atoms with E-state index in [0.717, 1.165) is 17.8 Å². The molecule has 0 atom stereocenters. The lowest BCUT2D eigenvalue weighted by molar-refractivity contribution is -0.140. The predicted octanol–water partition coefficient (Wildman–Crippen LogP) is 2.60. The topological polar surface area (TPSA) is 85.4 Å². The van der Waals surface area contributed by atoms with Gasteiger partial charge in [0.1, 0.15) is 17.1 Å². The van der Waals surface area contributed by atoms with Crippen LogP contribution >= 0.6 is 0 Å². The first kappa shape index (κ1) is 21.0. The number of primary sulfonamides is 1. The zero-order valence-corrected chi connectivity index (χ0v) is 15.4. The van der Waals surface area contributed by atoms with Gasteiger partial charge in [0.2, 0.25) is 10.0 Å². The van der Waals surface area contributed by atoms with Crippen LogP contribution in [-0.2, 0) is 16.6 Å². The van der Waals surface area contributed by atoms with Gasteiger partial charge in [0.25, 0.3) is 5.91 Å².